The normalized spacial score (nSPS) is 12.2. The van der Waals surface area contributed by atoms with Crippen molar-refractivity contribution < 1.29 is 21.6 Å². The van der Waals surface area contributed by atoms with Gasteiger partial charge in [0.15, 0.2) is 9.84 Å². The Labute approximate surface area is 176 Å². The van der Waals surface area contributed by atoms with Crippen LogP contribution in [0.2, 0.25) is 5.02 Å². The number of hydrogen-bond acceptors (Lipinski definition) is 5. The van der Waals surface area contributed by atoms with Crippen molar-refractivity contribution >= 4 is 43.1 Å². The van der Waals surface area contributed by atoms with Crippen LogP contribution < -0.4 is 5.32 Å². The van der Waals surface area contributed by atoms with Crippen LogP contribution in [-0.2, 0) is 25.6 Å². The Morgan fingerprint density at radius 2 is 1.59 bits per heavy atom. The molecule has 2 aromatic carbocycles. The number of nitrogens with one attached hydrogen (secondary N) is 1. The monoisotopic (exact) mass is 458 g/mol. The molecule has 0 saturated carbocycles. The predicted molar refractivity (Wildman–Crippen MR) is 115 cm³/mol. The summed E-state index contributed by atoms with van der Waals surface area (Å²) in [6, 6.07) is 10.2. The first kappa shape index (κ1) is 23.3. The van der Waals surface area contributed by atoms with Gasteiger partial charge in [-0.25, -0.2) is 16.8 Å². The lowest BCUT2D eigenvalue weighted by molar-refractivity contribution is 0.102. The molecule has 1 N–H and O–H groups in total. The van der Waals surface area contributed by atoms with E-state index in [1.54, 1.807) is 26.0 Å². The molecule has 0 aliphatic carbocycles. The van der Waals surface area contributed by atoms with E-state index in [0.29, 0.717) is 18.7 Å². The molecule has 0 aliphatic heterocycles. The Morgan fingerprint density at radius 1 is 1.00 bits per heavy atom. The molecular weight excluding hydrogens is 436 g/mol. The zero-order valence-corrected chi connectivity index (χ0v) is 18.7. The molecular formula is C19H23ClN2O5S2. The van der Waals surface area contributed by atoms with E-state index >= 15 is 0 Å². The zero-order chi connectivity index (χ0) is 21.8. The van der Waals surface area contributed by atoms with E-state index in [0.717, 1.165) is 6.26 Å². The van der Waals surface area contributed by atoms with Crippen molar-refractivity contribution in [3.05, 3.63) is 58.6 Å². The van der Waals surface area contributed by atoms with Gasteiger partial charge in [-0.1, -0.05) is 37.6 Å². The molecule has 1 amide bonds. The van der Waals surface area contributed by atoms with Crippen molar-refractivity contribution in [2.24, 2.45) is 0 Å². The van der Waals surface area contributed by atoms with Gasteiger partial charge in [0.2, 0.25) is 10.0 Å². The minimum atomic E-state index is -3.70. The van der Waals surface area contributed by atoms with E-state index in [1.165, 1.54) is 34.6 Å². The molecule has 0 aromatic heterocycles. The molecule has 0 heterocycles. The topological polar surface area (TPSA) is 101 Å². The average molecular weight is 459 g/mol. The third-order valence-electron chi connectivity index (χ3n) is 4.17. The highest BCUT2D eigenvalue weighted by Crippen LogP contribution is 2.27. The molecule has 0 saturated heterocycles. The van der Waals surface area contributed by atoms with Crippen LogP contribution in [0.3, 0.4) is 0 Å². The number of anilines is 1. The number of amides is 1. The Balaban J connectivity index is 2.26. The zero-order valence-electron chi connectivity index (χ0n) is 16.3. The second-order valence-corrected chi connectivity index (χ2v) is 10.9. The highest BCUT2D eigenvalue weighted by molar-refractivity contribution is 7.90. The summed E-state index contributed by atoms with van der Waals surface area (Å²) in [6.07, 6.45) is 1.13. The first-order valence-electron chi connectivity index (χ1n) is 8.85. The SMILES string of the molecule is CCN(CC)S(=O)(=O)c1ccc(Cl)c(NC(=O)c2ccc(CS(C)(=O)=O)cc2)c1. The summed E-state index contributed by atoms with van der Waals surface area (Å²) >= 11 is 6.13. The van der Waals surface area contributed by atoms with E-state index in [4.69, 9.17) is 11.6 Å². The Kier molecular flexibility index (Phi) is 7.45. The van der Waals surface area contributed by atoms with Crippen LogP contribution in [0.1, 0.15) is 29.8 Å². The van der Waals surface area contributed by atoms with Gasteiger partial charge in [-0.15, -0.1) is 0 Å². The average Bonchev–Trinajstić information content (AvgIpc) is 2.63. The maximum Gasteiger partial charge on any atom is 0.255 e. The molecule has 0 aliphatic rings. The smallest absolute Gasteiger partial charge is 0.255 e. The standard InChI is InChI=1S/C19H23ClN2O5S2/c1-4-22(5-2)29(26,27)16-10-11-17(20)18(12-16)21-19(23)15-8-6-14(7-9-15)13-28(3,24)25/h6-12H,4-5,13H2,1-3H3,(H,21,23). The highest BCUT2D eigenvalue weighted by Gasteiger charge is 2.23. The van der Waals surface area contributed by atoms with E-state index in [9.17, 15) is 21.6 Å². The summed E-state index contributed by atoms with van der Waals surface area (Å²) in [5.41, 5.74) is 1.02. The van der Waals surface area contributed by atoms with E-state index in [1.807, 2.05) is 0 Å². The molecule has 2 aromatic rings. The van der Waals surface area contributed by atoms with E-state index in [2.05, 4.69) is 5.32 Å². The fraction of sp³-hybridized carbons (Fsp3) is 0.316. The first-order chi connectivity index (χ1) is 13.5. The second-order valence-electron chi connectivity index (χ2n) is 6.45. The van der Waals surface area contributed by atoms with Crippen molar-refractivity contribution in [1.82, 2.24) is 4.31 Å². The van der Waals surface area contributed by atoms with Crippen LogP contribution in [0.25, 0.3) is 0 Å². The molecule has 0 atom stereocenters. The lowest BCUT2D eigenvalue weighted by atomic mass is 10.1. The molecule has 29 heavy (non-hydrogen) atoms. The van der Waals surface area contributed by atoms with Gasteiger partial charge in [0.1, 0.15) is 0 Å². The van der Waals surface area contributed by atoms with Gasteiger partial charge >= 0.3 is 0 Å². The summed E-state index contributed by atoms with van der Waals surface area (Å²) in [4.78, 5) is 12.6. The number of nitrogens with zero attached hydrogens (tertiary/aromatic N) is 1. The van der Waals surface area contributed by atoms with Gasteiger partial charge in [0.25, 0.3) is 5.91 Å². The third kappa shape index (κ3) is 6.02. The minimum absolute atomic E-state index is 0.0319. The molecule has 0 radical (unpaired) electrons. The number of halogens is 1. The molecule has 0 spiro atoms. The van der Waals surface area contributed by atoms with Gasteiger partial charge in [-0.05, 0) is 35.9 Å². The Morgan fingerprint density at radius 3 is 2.10 bits per heavy atom. The van der Waals surface area contributed by atoms with Crippen molar-refractivity contribution in [3.63, 3.8) is 0 Å². The van der Waals surface area contributed by atoms with Crippen LogP contribution in [0.4, 0.5) is 5.69 Å². The summed E-state index contributed by atoms with van der Waals surface area (Å²) in [5.74, 6) is -0.610. The summed E-state index contributed by atoms with van der Waals surface area (Å²) in [5, 5.41) is 2.81. The van der Waals surface area contributed by atoms with Crippen LogP contribution in [0.15, 0.2) is 47.4 Å². The molecule has 7 nitrogen and oxygen atoms in total. The predicted octanol–water partition coefficient (Wildman–Crippen LogP) is 3.17. The Hall–Kier alpha value is -1.94. The molecule has 0 fully saturated rings. The highest BCUT2D eigenvalue weighted by atomic mass is 35.5. The maximum absolute atomic E-state index is 12.7. The molecule has 0 bridgehead atoms. The number of sulfone groups is 1. The van der Waals surface area contributed by atoms with Gasteiger partial charge in [-0.2, -0.15) is 4.31 Å². The van der Waals surface area contributed by atoms with Gasteiger partial charge in [0.05, 0.1) is 21.4 Å². The van der Waals surface area contributed by atoms with Gasteiger partial charge < -0.3 is 5.32 Å². The molecule has 10 heteroatoms. The summed E-state index contributed by atoms with van der Waals surface area (Å²) in [7, 11) is -6.87. The summed E-state index contributed by atoms with van der Waals surface area (Å²) < 4.78 is 49.4. The largest absolute Gasteiger partial charge is 0.321 e. The van der Waals surface area contributed by atoms with Crippen LogP contribution in [-0.4, -0.2) is 46.4 Å². The van der Waals surface area contributed by atoms with Gasteiger partial charge in [-0.3, -0.25) is 4.79 Å². The fourth-order valence-corrected chi connectivity index (χ4v) is 5.17. The quantitative estimate of drug-likeness (QED) is 0.654. The number of carbonyl (C=O) groups excluding carboxylic acids is 1. The van der Waals surface area contributed by atoms with Crippen molar-refractivity contribution in [2.75, 3.05) is 24.7 Å². The minimum Gasteiger partial charge on any atom is -0.321 e. The number of benzene rings is 2. The maximum atomic E-state index is 12.7. The number of rotatable bonds is 8. The lowest BCUT2D eigenvalue weighted by Crippen LogP contribution is -2.30. The molecule has 2 rings (SSSR count). The number of hydrogen-bond donors (Lipinski definition) is 1. The first-order valence-corrected chi connectivity index (χ1v) is 12.7. The Bertz CT molecular complexity index is 1090. The van der Waals surface area contributed by atoms with Crippen molar-refractivity contribution in [3.8, 4) is 0 Å². The van der Waals surface area contributed by atoms with E-state index in [-0.39, 0.29) is 26.9 Å². The number of sulfonamides is 1. The molecule has 0 unspecified atom stereocenters. The molecule has 158 valence electrons. The third-order valence-corrected chi connectivity index (χ3v) is 7.41. The van der Waals surface area contributed by atoms with Crippen molar-refractivity contribution in [1.29, 1.82) is 0 Å². The number of carbonyl (C=O) groups is 1. The van der Waals surface area contributed by atoms with Gasteiger partial charge in [0, 0.05) is 24.9 Å². The van der Waals surface area contributed by atoms with E-state index < -0.39 is 25.8 Å². The van der Waals surface area contributed by atoms with Crippen LogP contribution in [0, 0.1) is 0 Å². The summed E-state index contributed by atoms with van der Waals surface area (Å²) in [6.45, 7) is 4.13. The fourth-order valence-electron chi connectivity index (χ4n) is 2.72. The van der Waals surface area contributed by atoms with Crippen LogP contribution >= 0.6 is 11.6 Å². The lowest BCUT2D eigenvalue weighted by Gasteiger charge is -2.19. The van der Waals surface area contributed by atoms with Crippen molar-refractivity contribution in [2.45, 2.75) is 24.5 Å². The van der Waals surface area contributed by atoms with Crippen LogP contribution in [0.5, 0.6) is 0 Å². The second kappa shape index (κ2) is 9.25.